The van der Waals surface area contributed by atoms with E-state index < -0.39 is 0 Å². The SMILES string of the molecule is CC[C@@H]1COC[C@@H](CI)O1. The van der Waals surface area contributed by atoms with Gasteiger partial charge in [0.2, 0.25) is 0 Å². The molecule has 1 heterocycles. The summed E-state index contributed by atoms with van der Waals surface area (Å²) in [4.78, 5) is 0. The van der Waals surface area contributed by atoms with E-state index in [0.29, 0.717) is 12.2 Å². The van der Waals surface area contributed by atoms with Gasteiger partial charge in [0.1, 0.15) is 0 Å². The lowest BCUT2D eigenvalue weighted by atomic mass is 10.2. The van der Waals surface area contributed by atoms with E-state index in [0.717, 1.165) is 24.1 Å². The maximum Gasteiger partial charge on any atom is 0.0902 e. The minimum absolute atomic E-state index is 0.333. The van der Waals surface area contributed by atoms with Crippen molar-refractivity contribution >= 4 is 22.6 Å². The zero-order valence-corrected chi connectivity index (χ0v) is 8.34. The van der Waals surface area contributed by atoms with Crippen LogP contribution in [0.2, 0.25) is 0 Å². The monoisotopic (exact) mass is 256 g/mol. The number of ether oxygens (including phenoxy) is 2. The zero-order valence-electron chi connectivity index (χ0n) is 6.18. The third kappa shape index (κ3) is 2.36. The van der Waals surface area contributed by atoms with Crippen molar-refractivity contribution in [3.8, 4) is 0 Å². The number of hydrogen-bond donors (Lipinski definition) is 0. The first kappa shape index (κ1) is 8.74. The third-order valence-corrected chi connectivity index (χ3v) is 2.60. The summed E-state index contributed by atoms with van der Waals surface area (Å²) in [5.74, 6) is 0. The maximum absolute atomic E-state index is 5.65. The highest BCUT2D eigenvalue weighted by Gasteiger charge is 2.19. The molecule has 0 aromatic carbocycles. The van der Waals surface area contributed by atoms with E-state index >= 15 is 0 Å². The molecule has 0 N–H and O–H groups in total. The van der Waals surface area contributed by atoms with E-state index in [2.05, 4.69) is 29.5 Å². The fraction of sp³-hybridized carbons (Fsp3) is 1.00. The molecule has 2 atom stereocenters. The largest absolute Gasteiger partial charge is 0.376 e. The van der Waals surface area contributed by atoms with Crippen LogP contribution in [-0.2, 0) is 9.47 Å². The van der Waals surface area contributed by atoms with Crippen LogP contribution in [0, 0.1) is 0 Å². The van der Waals surface area contributed by atoms with Crippen LogP contribution in [0.15, 0.2) is 0 Å². The second kappa shape index (κ2) is 4.51. The average Bonchev–Trinajstić information content (AvgIpc) is 2.05. The van der Waals surface area contributed by atoms with Crippen molar-refractivity contribution in [1.82, 2.24) is 0 Å². The molecule has 0 unspecified atom stereocenters. The molecule has 0 aromatic heterocycles. The van der Waals surface area contributed by atoms with Crippen LogP contribution in [0.1, 0.15) is 13.3 Å². The number of halogens is 1. The van der Waals surface area contributed by atoms with Gasteiger partial charge >= 0.3 is 0 Å². The molecule has 0 radical (unpaired) electrons. The molecular formula is C7H13IO2. The summed E-state index contributed by atoms with van der Waals surface area (Å²) < 4.78 is 12.0. The Morgan fingerprint density at radius 1 is 1.40 bits per heavy atom. The predicted octanol–water partition coefficient (Wildman–Crippen LogP) is 1.62. The molecule has 1 rings (SSSR count). The van der Waals surface area contributed by atoms with Crippen LogP contribution in [0.25, 0.3) is 0 Å². The van der Waals surface area contributed by atoms with Gasteiger partial charge in [-0.3, -0.25) is 0 Å². The van der Waals surface area contributed by atoms with Crippen LogP contribution >= 0.6 is 22.6 Å². The molecular weight excluding hydrogens is 243 g/mol. The molecule has 60 valence electrons. The average molecular weight is 256 g/mol. The Hall–Kier alpha value is 0.650. The van der Waals surface area contributed by atoms with Crippen molar-refractivity contribution in [3.05, 3.63) is 0 Å². The van der Waals surface area contributed by atoms with Crippen LogP contribution < -0.4 is 0 Å². The highest BCUT2D eigenvalue weighted by atomic mass is 127. The fourth-order valence-corrected chi connectivity index (χ4v) is 1.44. The van der Waals surface area contributed by atoms with Gasteiger partial charge in [-0.1, -0.05) is 29.5 Å². The molecule has 10 heavy (non-hydrogen) atoms. The van der Waals surface area contributed by atoms with Crippen LogP contribution in [0.3, 0.4) is 0 Å². The van der Waals surface area contributed by atoms with Crippen molar-refractivity contribution in [1.29, 1.82) is 0 Å². The standard InChI is InChI=1S/C7H13IO2/c1-2-6-4-9-5-7(3-8)10-6/h6-7H,2-5H2,1H3/t6-,7-/m1/s1. The van der Waals surface area contributed by atoms with E-state index in [1.807, 2.05) is 0 Å². The van der Waals surface area contributed by atoms with Crippen molar-refractivity contribution in [2.45, 2.75) is 25.6 Å². The fourth-order valence-electron chi connectivity index (χ4n) is 0.977. The smallest absolute Gasteiger partial charge is 0.0902 e. The summed E-state index contributed by atoms with van der Waals surface area (Å²) in [5, 5.41) is 0. The third-order valence-electron chi connectivity index (χ3n) is 1.62. The molecule has 1 fully saturated rings. The summed E-state index contributed by atoms with van der Waals surface area (Å²) in [7, 11) is 0. The van der Waals surface area contributed by atoms with Gasteiger partial charge in [0.25, 0.3) is 0 Å². The van der Waals surface area contributed by atoms with E-state index in [4.69, 9.17) is 9.47 Å². The molecule has 0 bridgehead atoms. The van der Waals surface area contributed by atoms with Crippen molar-refractivity contribution in [2.24, 2.45) is 0 Å². The van der Waals surface area contributed by atoms with Gasteiger partial charge in [0, 0.05) is 4.43 Å². The summed E-state index contributed by atoms with van der Waals surface area (Å²) in [6, 6.07) is 0. The molecule has 1 aliphatic heterocycles. The van der Waals surface area contributed by atoms with Gasteiger partial charge in [-0.2, -0.15) is 0 Å². The van der Waals surface area contributed by atoms with Gasteiger partial charge in [-0.05, 0) is 6.42 Å². The van der Waals surface area contributed by atoms with E-state index in [-0.39, 0.29) is 0 Å². The normalized spacial score (nSPS) is 34.2. The van der Waals surface area contributed by atoms with Crippen LogP contribution in [-0.4, -0.2) is 29.8 Å². The minimum Gasteiger partial charge on any atom is -0.376 e. The first-order chi connectivity index (χ1) is 4.86. The summed E-state index contributed by atoms with van der Waals surface area (Å²) in [6.45, 7) is 3.69. The highest BCUT2D eigenvalue weighted by Crippen LogP contribution is 2.12. The van der Waals surface area contributed by atoms with Gasteiger partial charge < -0.3 is 9.47 Å². The molecule has 0 saturated carbocycles. The second-order valence-electron chi connectivity index (χ2n) is 2.48. The first-order valence-corrected chi connectivity index (χ1v) is 5.18. The summed E-state index contributed by atoms with van der Waals surface area (Å²) in [6.07, 6.45) is 1.74. The Kier molecular flexibility index (Phi) is 3.95. The summed E-state index contributed by atoms with van der Waals surface area (Å²) in [5.41, 5.74) is 0. The molecule has 1 saturated heterocycles. The molecule has 0 aliphatic carbocycles. The number of rotatable bonds is 2. The Bertz CT molecular complexity index is 87.6. The zero-order chi connectivity index (χ0) is 7.40. The van der Waals surface area contributed by atoms with E-state index in [9.17, 15) is 0 Å². The lowest BCUT2D eigenvalue weighted by Gasteiger charge is -2.28. The number of hydrogen-bond acceptors (Lipinski definition) is 2. The van der Waals surface area contributed by atoms with Gasteiger partial charge in [-0.25, -0.2) is 0 Å². The van der Waals surface area contributed by atoms with Crippen LogP contribution in [0.4, 0.5) is 0 Å². The van der Waals surface area contributed by atoms with E-state index in [1.165, 1.54) is 0 Å². The Labute approximate surface area is 75.4 Å². The molecule has 0 aromatic rings. The first-order valence-electron chi connectivity index (χ1n) is 3.66. The Morgan fingerprint density at radius 3 is 2.70 bits per heavy atom. The predicted molar refractivity (Wildman–Crippen MR) is 48.7 cm³/mol. The molecule has 0 spiro atoms. The molecule has 1 aliphatic rings. The molecule has 2 nitrogen and oxygen atoms in total. The highest BCUT2D eigenvalue weighted by molar-refractivity contribution is 14.1. The number of alkyl halides is 1. The van der Waals surface area contributed by atoms with Crippen molar-refractivity contribution < 1.29 is 9.47 Å². The van der Waals surface area contributed by atoms with Gasteiger partial charge in [-0.15, -0.1) is 0 Å². The lowest BCUT2D eigenvalue weighted by molar-refractivity contribution is -0.128. The van der Waals surface area contributed by atoms with E-state index in [1.54, 1.807) is 0 Å². The maximum atomic E-state index is 5.65. The quantitative estimate of drug-likeness (QED) is 0.552. The topological polar surface area (TPSA) is 18.5 Å². The Morgan fingerprint density at radius 2 is 2.10 bits per heavy atom. The minimum atomic E-state index is 0.333. The van der Waals surface area contributed by atoms with Gasteiger partial charge in [0.15, 0.2) is 0 Å². The van der Waals surface area contributed by atoms with Crippen molar-refractivity contribution in [2.75, 3.05) is 17.6 Å². The van der Waals surface area contributed by atoms with Gasteiger partial charge in [0.05, 0.1) is 25.4 Å². The molecule has 0 amide bonds. The lowest BCUT2D eigenvalue weighted by Crippen LogP contribution is -2.36. The van der Waals surface area contributed by atoms with Crippen LogP contribution in [0.5, 0.6) is 0 Å². The Balaban J connectivity index is 2.25. The second-order valence-corrected chi connectivity index (χ2v) is 3.36. The summed E-state index contributed by atoms with van der Waals surface area (Å²) >= 11 is 2.33. The van der Waals surface area contributed by atoms with Crippen molar-refractivity contribution in [3.63, 3.8) is 0 Å². The molecule has 3 heteroatoms.